The zero-order chi connectivity index (χ0) is 27.8. The number of nitrogens with two attached hydrogens (primary N) is 1. The Hall–Kier alpha value is -4.16. The van der Waals surface area contributed by atoms with Crippen LogP contribution in [0, 0.1) is 0 Å². The largest absolute Gasteiger partial charge is 0.508 e. The Bertz CT molecular complexity index is 1140. The molecule has 1 saturated heterocycles. The number of nitrogens with one attached hydrogen (secondary N) is 2. The summed E-state index contributed by atoms with van der Waals surface area (Å²) >= 11 is 0. The Morgan fingerprint density at radius 1 is 0.868 bits per heavy atom. The second-order valence-electron chi connectivity index (χ2n) is 9.18. The zero-order valence-corrected chi connectivity index (χ0v) is 20.6. The van der Waals surface area contributed by atoms with Crippen molar-refractivity contribution in [2.45, 2.75) is 49.9 Å². The number of amides is 3. The molecule has 0 spiro atoms. The fourth-order valence-corrected chi connectivity index (χ4v) is 4.27. The first-order valence-electron chi connectivity index (χ1n) is 12.1. The summed E-state index contributed by atoms with van der Waals surface area (Å²) in [6, 6.07) is 7.32. The number of aliphatic hydroxyl groups is 1. The van der Waals surface area contributed by atoms with E-state index in [0.717, 1.165) is 0 Å². The molecule has 3 rings (SSSR count). The lowest BCUT2D eigenvalue weighted by Crippen LogP contribution is -2.58. The summed E-state index contributed by atoms with van der Waals surface area (Å²) in [7, 11) is 0. The molecular weight excluding hydrogens is 496 g/mol. The predicted molar refractivity (Wildman–Crippen MR) is 135 cm³/mol. The number of likely N-dealkylation sites (tertiary alicyclic amines) is 1. The molecule has 3 amide bonds. The Morgan fingerprint density at radius 2 is 1.37 bits per heavy atom. The van der Waals surface area contributed by atoms with Crippen molar-refractivity contribution in [3.63, 3.8) is 0 Å². The number of phenolic OH excluding ortho intramolecular Hbond substituents is 2. The van der Waals surface area contributed by atoms with Crippen LogP contribution in [0.25, 0.3) is 0 Å². The fraction of sp³-hybridized carbons (Fsp3) is 0.385. The highest BCUT2D eigenvalue weighted by atomic mass is 16.4. The summed E-state index contributed by atoms with van der Waals surface area (Å²) in [6.45, 7) is -0.427. The van der Waals surface area contributed by atoms with Gasteiger partial charge in [0.1, 0.15) is 35.7 Å². The molecule has 0 aromatic heterocycles. The van der Waals surface area contributed by atoms with Crippen molar-refractivity contribution < 1.29 is 39.6 Å². The first-order chi connectivity index (χ1) is 18.1. The van der Waals surface area contributed by atoms with E-state index in [2.05, 4.69) is 10.6 Å². The van der Waals surface area contributed by atoms with Gasteiger partial charge in [0.05, 0.1) is 6.61 Å². The Morgan fingerprint density at radius 3 is 1.87 bits per heavy atom. The lowest BCUT2D eigenvalue weighted by molar-refractivity contribution is -0.149. The Balaban J connectivity index is 1.87. The number of phenols is 2. The van der Waals surface area contributed by atoms with Gasteiger partial charge in [-0.3, -0.25) is 14.4 Å². The smallest absolute Gasteiger partial charge is 0.326 e. The van der Waals surface area contributed by atoms with Crippen molar-refractivity contribution in [2.24, 2.45) is 5.73 Å². The molecule has 1 fully saturated rings. The van der Waals surface area contributed by atoms with Crippen molar-refractivity contribution in [3.05, 3.63) is 59.7 Å². The summed E-state index contributed by atoms with van der Waals surface area (Å²) < 4.78 is 0. The molecule has 12 heteroatoms. The molecule has 1 aliphatic heterocycles. The van der Waals surface area contributed by atoms with Gasteiger partial charge in [-0.2, -0.15) is 0 Å². The molecule has 1 heterocycles. The number of hydrogen-bond acceptors (Lipinski definition) is 8. The number of carboxylic acid groups (broad SMARTS) is 1. The van der Waals surface area contributed by atoms with E-state index < -0.39 is 54.5 Å². The van der Waals surface area contributed by atoms with E-state index in [1.807, 2.05) is 0 Å². The monoisotopic (exact) mass is 528 g/mol. The molecule has 4 unspecified atom stereocenters. The van der Waals surface area contributed by atoms with Crippen molar-refractivity contribution in [2.75, 3.05) is 13.2 Å². The highest BCUT2D eigenvalue weighted by Gasteiger charge is 2.38. The maximum absolute atomic E-state index is 13.5. The molecular formula is C26H32N4O8. The van der Waals surface area contributed by atoms with Gasteiger partial charge >= 0.3 is 5.97 Å². The van der Waals surface area contributed by atoms with Crippen LogP contribution in [0.1, 0.15) is 24.0 Å². The van der Waals surface area contributed by atoms with Crippen LogP contribution < -0.4 is 16.4 Å². The van der Waals surface area contributed by atoms with Crippen LogP contribution in [-0.2, 0) is 32.0 Å². The summed E-state index contributed by atoms with van der Waals surface area (Å²) in [6.07, 6.45) is 0.780. The molecule has 38 heavy (non-hydrogen) atoms. The molecule has 204 valence electrons. The van der Waals surface area contributed by atoms with Crippen LogP contribution in [-0.4, -0.2) is 86.3 Å². The van der Waals surface area contributed by atoms with Gasteiger partial charge in [-0.25, -0.2) is 4.79 Å². The first kappa shape index (κ1) is 28.4. The molecule has 0 radical (unpaired) electrons. The number of nitrogens with zero attached hydrogens (tertiary/aromatic N) is 1. The number of carboxylic acids is 1. The van der Waals surface area contributed by atoms with Gasteiger partial charge in [0.25, 0.3) is 0 Å². The molecule has 12 nitrogen and oxygen atoms in total. The summed E-state index contributed by atoms with van der Waals surface area (Å²) in [5, 5.41) is 43.1. The second-order valence-corrected chi connectivity index (χ2v) is 9.18. The number of carbonyl (C=O) groups excluding carboxylic acids is 3. The minimum atomic E-state index is -1.28. The third-order valence-corrected chi connectivity index (χ3v) is 6.35. The van der Waals surface area contributed by atoms with Crippen molar-refractivity contribution in [1.82, 2.24) is 15.5 Å². The highest BCUT2D eigenvalue weighted by molar-refractivity contribution is 5.94. The van der Waals surface area contributed by atoms with Gasteiger partial charge in [0.15, 0.2) is 0 Å². The van der Waals surface area contributed by atoms with Gasteiger partial charge in [-0.15, -0.1) is 0 Å². The third-order valence-electron chi connectivity index (χ3n) is 6.35. The van der Waals surface area contributed by atoms with Gasteiger partial charge < -0.3 is 41.7 Å². The van der Waals surface area contributed by atoms with E-state index in [9.17, 15) is 39.6 Å². The molecule has 0 saturated carbocycles. The number of benzene rings is 2. The third kappa shape index (κ3) is 7.43. The SMILES string of the molecule is NC(CO)C(=O)NC(Cc1ccc(O)cc1)C(=O)NC(Cc1ccc(O)cc1)C(=O)N1CCCC1C(=O)O. The number of hydrogen-bond donors (Lipinski definition) is 7. The zero-order valence-electron chi connectivity index (χ0n) is 20.6. The van der Waals surface area contributed by atoms with E-state index in [0.29, 0.717) is 24.0 Å². The molecule has 2 aromatic rings. The molecule has 0 bridgehead atoms. The maximum atomic E-state index is 13.5. The molecule has 2 aromatic carbocycles. The van der Waals surface area contributed by atoms with Crippen LogP contribution in [0.5, 0.6) is 11.5 Å². The predicted octanol–water partition coefficient (Wildman–Crippen LogP) is -0.752. The first-order valence-corrected chi connectivity index (χ1v) is 12.1. The van der Waals surface area contributed by atoms with Gasteiger partial charge in [-0.1, -0.05) is 24.3 Å². The van der Waals surface area contributed by atoms with Gasteiger partial charge in [-0.05, 0) is 48.2 Å². The van der Waals surface area contributed by atoms with Crippen LogP contribution in [0.4, 0.5) is 0 Å². The van der Waals surface area contributed by atoms with E-state index >= 15 is 0 Å². The van der Waals surface area contributed by atoms with Crippen molar-refractivity contribution >= 4 is 23.7 Å². The number of aliphatic hydroxyl groups excluding tert-OH is 1. The second kappa shape index (κ2) is 12.9. The molecule has 4 atom stereocenters. The van der Waals surface area contributed by atoms with E-state index in [-0.39, 0.29) is 30.9 Å². The number of rotatable bonds is 11. The highest BCUT2D eigenvalue weighted by Crippen LogP contribution is 2.20. The van der Waals surface area contributed by atoms with Crippen LogP contribution >= 0.6 is 0 Å². The summed E-state index contributed by atoms with van der Waals surface area (Å²) in [5.41, 5.74) is 6.80. The van der Waals surface area contributed by atoms with Gasteiger partial charge in [0, 0.05) is 19.4 Å². The number of aliphatic carboxylic acids is 1. The van der Waals surface area contributed by atoms with Crippen LogP contribution in [0.2, 0.25) is 0 Å². The average Bonchev–Trinajstić information content (AvgIpc) is 3.40. The standard InChI is InChI=1S/C26H32N4O8/c27-19(14-31)23(34)28-20(12-15-3-7-17(32)8-4-15)24(35)29-21(13-16-5-9-18(33)10-6-16)25(36)30-11-1-2-22(30)26(37)38/h3-10,19-22,31-33H,1-2,11-14,27H2,(H,28,34)(H,29,35)(H,37,38). The van der Waals surface area contributed by atoms with E-state index in [1.54, 1.807) is 24.3 Å². The summed E-state index contributed by atoms with van der Waals surface area (Å²) in [4.78, 5) is 52.3. The van der Waals surface area contributed by atoms with Crippen LogP contribution in [0.15, 0.2) is 48.5 Å². The molecule has 1 aliphatic rings. The topological polar surface area (TPSA) is 203 Å². The number of aromatic hydroxyl groups is 2. The Kier molecular flexibility index (Phi) is 9.63. The normalized spacial score (nSPS) is 17.3. The van der Waals surface area contributed by atoms with E-state index in [4.69, 9.17) is 5.73 Å². The van der Waals surface area contributed by atoms with E-state index in [1.165, 1.54) is 29.2 Å². The molecule has 8 N–H and O–H groups in total. The lowest BCUT2D eigenvalue weighted by Gasteiger charge is -2.29. The number of carbonyl (C=O) groups is 4. The van der Waals surface area contributed by atoms with Crippen molar-refractivity contribution in [1.29, 1.82) is 0 Å². The van der Waals surface area contributed by atoms with Crippen LogP contribution in [0.3, 0.4) is 0 Å². The van der Waals surface area contributed by atoms with Crippen molar-refractivity contribution in [3.8, 4) is 11.5 Å². The molecule has 0 aliphatic carbocycles. The minimum absolute atomic E-state index is 0.00369. The lowest BCUT2D eigenvalue weighted by atomic mass is 10.0. The summed E-state index contributed by atoms with van der Waals surface area (Å²) in [5.74, 6) is -3.19. The maximum Gasteiger partial charge on any atom is 0.326 e. The minimum Gasteiger partial charge on any atom is -0.508 e. The fourth-order valence-electron chi connectivity index (χ4n) is 4.27. The average molecular weight is 529 g/mol. The Labute approximate surface area is 219 Å². The van der Waals surface area contributed by atoms with Gasteiger partial charge in [0.2, 0.25) is 17.7 Å². The quantitative estimate of drug-likeness (QED) is 0.196.